The molecule has 0 radical (unpaired) electrons. The van der Waals surface area contributed by atoms with Crippen LogP contribution in [0.3, 0.4) is 0 Å². The van der Waals surface area contributed by atoms with Gasteiger partial charge in [0.25, 0.3) is 0 Å². The van der Waals surface area contributed by atoms with Gasteiger partial charge in [-0.05, 0) is 11.1 Å². The van der Waals surface area contributed by atoms with E-state index in [2.05, 4.69) is 5.16 Å². The molecule has 0 atom stereocenters. The summed E-state index contributed by atoms with van der Waals surface area (Å²) in [5.74, 6) is 5.79. The minimum atomic E-state index is -1.22. The summed E-state index contributed by atoms with van der Waals surface area (Å²) in [6.45, 7) is 0. The molecule has 4 heteroatoms. The molecule has 0 saturated heterocycles. The maximum Gasteiger partial charge on any atom is 0.185 e. The summed E-state index contributed by atoms with van der Waals surface area (Å²) in [4.78, 5) is 5.53. The predicted octanol–water partition coefficient (Wildman–Crippen LogP) is 3.70. The van der Waals surface area contributed by atoms with Crippen molar-refractivity contribution < 1.29 is 10.0 Å². The molecule has 120 valence electrons. The monoisotopic (exact) mass is 318 g/mol. The molecule has 24 heavy (non-hydrogen) atoms. The fourth-order valence-electron chi connectivity index (χ4n) is 2.91. The van der Waals surface area contributed by atoms with Gasteiger partial charge < -0.3 is 5.21 Å². The molecule has 4 nitrogen and oxygen atoms in total. The standard InChI is InChI=1S/C20H18N2O2/c21-24-20(17-12-6-2-7-13-17,18-14-8-3-9-15-18)19(22-23)16-10-4-1-5-11-16/h1-15,23H,21H2. The van der Waals surface area contributed by atoms with Crippen LogP contribution < -0.4 is 5.90 Å². The van der Waals surface area contributed by atoms with Gasteiger partial charge >= 0.3 is 0 Å². The number of hydrogen-bond acceptors (Lipinski definition) is 4. The summed E-state index contributed by atoms with van der Waals surface area (Å²) < 4.78 is 0. The van der Waals surface area contributed by atoms with E-state index in [1.54, 1.807) is 0 Å². The number of hydrogen-bond donors (Lipinski definition) is 2. The summed E-state index contributed by atoms with van der Waals surface area (Å²) in [5.41, 5.74) is 1.37. The highest BCUT2D eigenvalue weighted by atomic mass is 16.6. The van der Waals surface area contributed by atoms with Crippen molar-refractivity contribution in [1.29, 1.82) is 0 Å². The molecule has 0 bridgehead atoms. The van der Waals surface area contributed by atoms with E-state index in [-0.39, 0.29) is 0 Å². The van der Waals surface area contributed by atoms with Crippen molar-refractivity contribution in [3.8, 4) is 0 Å². The molecule has 0 unspecified atom stereocenters. The minimum absolute atomic E-state index is 0.322. The summed E-state index contributed by atoms with van der Waals surface area (Å²) >= 11 is 0. The first-order valence-electron chi connectivity index (χ1n) is 7.60. The maximum absolute atomic E-state index is 9.82. The fraction of sp³-hybridized carbons (Fsp3) is 0.0500. The second kappa shape index (κ2) is 7.08. The zero-order valence-electron chi connectivity index (χ0n) is 13.0. The van der Waals surface area contributed by atoms with Gasteiger partial charge in [-0.2, -0.15) is 0 Å². The van der Waals surface area contributed by atoms with Crippen molar-refractivity contribution in [2.24, 2.45) is 11.1 Å². The SMILES string of the molecule is NOC(C(=NO)c1ccccc1)(c1ccccc1)c1ccccc1. The van der Waals surface area contributed by atoms with Crippen molar-refractivity contribution in [3.63, 3.8) is 0 Å². The summed E-state index contributed by atoms with van der Waals surface area (Å²) in [6, 6.07) is 28.3. The molecule has 0 aromatic heterocycles. The van der Waals surface area contributed by atoms with Gasteiger partial charge in [0, 0.05) is 5.56 Å². The van der Waals surface area contributed by atoms with Crippen LogP contribution in [0.15, 0.2) is 96.2 Å². The van der Waals surface area contributed by atoms with Gasteiger partial charge in [0.2, 0.25) is 0 Å². The highest BCUT2D eigenvalue weighted by molar-refractivity contribution is 6.08. The van der Waals surface area contributed by atoms with E-state index in [1.165, 1.54) is 0 Å². The van der Waals surface area contributed by atoms with Crippen molar-refractivity contribution in [3.05, 3.63) is 108 Å². The second-order valence-electron chi connectivity index (χ2n) is 5.35. The smallest absolute Gasteiger partial charge is 0.185 e. The van der Waals surface area contributed by atoms with Crippen LogP contribution in [0.25, 0.3) is 0 Å². The average molecular weight is 318 g/mol. The molecule has 3 aromatic carbocycles. The maximum atomic E-state index is 9.82. The molecule has 0 spiro atoms. The predicted molar refractivity (Wildman–Crippen MR) is 93.7 cm³/mol. The van der Waals surface area contributed by atoms with Crippen LogP contribution in [-0.2, 0) is 10.4 Å². The molecule has 0 saturated carbocycles. The van der Waals surface area contributed by atoms with Crippen molar-refractivity contribution >= 4 is 5.71 Å². The molecule has 0 fully saturated rings. The van der Waals surface area contributed by atoms with E-state index in [0.717, 1.165) is 16.7 Å². The molecule has 3 rings (SSSR count). The van der Waals surface area contributed by atoms with Crippen LogP contribution in [-0.4, -0.2) is 10.9 Å². The summed E-state index contributed by atoms with van der Waals surface area (Å²) in [7, 11) is 0. The molecule has 0 heterocycles. The zero-order valence-corrected chi connectivity index (χ0v) is 13.0. The molecule has 0 aliphatic carbocycles. The molecule has 3 aromatic rings. The lowest BCUT2D eigenvalue weighted by Crippen LogP contribution is -2.43. The van der Waals surface area contributed by atoms with Crippen molar-refractivity contribution in [2.75, 3.05) is 0 Å². The highest BCUT2D eigenvalue weighted by Gasteiger charge is 2.42. The summed E-state index contributed by atoms with van der Waals surface area (Å²) in [5, 5.41) is 13.4. The molecular formula is C20H18N2O2. The Hall–Kier alpha value is -2.95. The van der Waals surface area contributed by atoms with Crippen LogP contribution >= 0.6 is 0 Å². The Kier molecular flexibility index (Phi) is 4.70. The first-order valence-corrected chi connectivity index (χ1v) is 7.60. The Morgan fingerprint density at radius 1 is 0.750 bits per heavy atom. The first kappa shape index (κ1) is 15.9. The van der Waals surface area contributed by atoms with Gasteiger partial charge in [0.1, 0.15) is 5.71 Å². The number of rotatable bonds is 5. The van der Waals surface area contributed by atoms with Crippen LogP contribution in [0.4, 0.5) is 0 Å². The van der Waals surface area contributed by atoms with E-state index in [4.69, 9.17) is 10.7 Å². The van der Waals surface area contributed by atoms with E-state index in [0.29, 0.717) is 5.71 Å². The third kappa shape index (κ3) is 2.69. The summed E-state index contributed by atoms with van der Waals surface area (Å²) in [6.07, 6.45) is 0. The highest BCUT2D eigenvalue weighted by Crippen LogP contribution is 2.36. The fourth-order valence-corrected chi connectivity index (χ4v) is 2.91. The van der Waals surface area contributed by atoms with Gasteiger partial charge in [-0.1, -0.05) is 96.2 Å². The van der Waals surface area contributed by atoms with Gasteiger partial charge in [-0.15, -0.1) is 0 Å². The average Bonchev–Trinajstić information content (AvgIpc) is 2.68. The van der Waals surface area contributed by atoms with E-state index < -0.39 is 5.60 Å². The van der Waals surface area contributed by atoms with Crippen molar-refractivity contribution in [2.45, 2.75) is 5.60 Å². The molecule has 3 N–H and O–H groups in total. The Bertz CT molecular complexity index is 763. The Morgan fingerprint density at radius 3 is 1.54 bits per heavy atom. The third-order valence-corrected chi connectivity index (χ3v) is 4.02. The molecule has 0 amide bonds. The van der Waals surface area contributed by atoms with Crippen LogP contribution in [0.2, 0.25) is 0 Å². The van der Waals surface area contributed by atoms with Gasteiger partial charge in [0.05, 0.1) is 0 Å². The quantitative estimate of drug-likeness (QED) is 0.428. The topological polar surface area (TPSA) is 67.8 Å². The van der Waals surface area contributed by atoms with E-state index >= 15 is 0 Å². The van der Waals surface area contributed by atoms with E-state index in [1.807, 2.05) is 91.0 Å². The first-order chi connectivity index (χ1) is 11.8. The van der Waals surface area contributed by atoms with Crippen LogP contribution in [0, 0.1) is 0 Å². The zero-order chi connectivity index (χ0) is 16.8. The lowest BCUT2D eigenvalue weighted by molar-refractivity contribution is 0.0318. The number of nitrogens with two attached hydrogens (primary N) is 1. The lowest BCUT2D eigenvalue weighted by atomic mass is 9.79. The largest absolute Gasteiger partial charge is 0.411 e. The normalized spacial score (nSPS) is 12.1. The number of oxime groups is 1. The molecule has 0 aliphatic rings. The van der Waals surface area contributed by atoms with Gasteiger partial charge in [-0.25, -0.2) is 5.90 Å². The minimum Gasteiger partial charge on any atom is -0.411 e. The van der Waals surface area contributed by atoms with Crippen molar-refractivity contribution in [1.82, 2.24) is 0 Å². The number of nitrogens with zero attached hydrogens (tertiary/aromatic N) is 1. The Morgan fingerprint density at radius 2 is 1.17 bits per heavy atom. The molecular weight excluding hydrogens is 300 g/mol. The van der Waals surface area contributed by atoms with Gasteiger partial charge in [-0.3, -0.25) is 4.84 Å². The Balaban J connectivity index is 2.30. The van der Waals surface area contributed by atoms with Crippen LogP contribution in [0.5, 0.6) is 0 Å². The van der Waals surface area contributed by atoms with Crippen LogP contribution in [0.1, 0.15) is 16.7 Å². The molecule has 0 aliphatic heterocycles. The number of benzene rings is 3. The van der Waals surface area contributed by atoms with E-state index in [9.17, 15) is 5.21 Å². The third-order valence-electron chi connectivity index (χ3n) is 4.02. The lowest BCUT2D eigenvalue weighted by Gasteiger charge is -2.33. The van der Waals surface area contributed by atoms with Gasteiger partial charge in [0.15, 0.2) is 5.60 Å². The second-order valence-corrected chi connectivity index (χ2v) is 5.35. The Labute approximate surface area is 140 Å².